The van der Waals surface area contributed by atoms with Gasteiger partial charge < -0.3 is 25.8 Å². The van der Waals surface area contributed by atoms with E-state index in [1.807, 2.05) is 33.8 Å². The molecule has 1 aliphatic rings. The molecule has 1 aromatic carbocycles. The van der Waals surface area contributed by atoms with Crippen molar-refractivity contribution < 1.29 is 4.79 Å². The molecule has 202 valence electrons. The Hall–Kier alpha value is -3.99. The van der Waals surface area contributed by atoms with E-state index in [1.54, 1.807) is 6.07 Å². The lowest BCUT2D eigenvalue weighted by Gasteiger charge is -2.35. The van der Waals surface area contributed by atoms with E-state index in [0.29, 0.717) is 11.8 Å². The van der Waals surface area contributed by atoms with Crippen molar-refractivity contribution in [2.45, 2.75) is 46.7 Å². The van der Waals surface area contributed by atoms with Crippen LogP contribution >= 0.6 is 0 Å². The lowest BCUT2D eigenvalue weighted by molar-refractivity contribution is 0.0943. The average Bonchev–Trinajstić information content (AvgIpc) is 2.85. The van der Waals surface area contributed by atoms with Crippen LogP contribution in [0.4, 0.5) is 29.0 Å². The molecule has 0 atom stereocenters. The van der Waals surface area contributed by atoms with Gasteiger partial charge >= 0.3 is 0 Å². The van der Waals surface area contributed by atoms with Gasteiger partial charge in [0.15, 0.2) is 5.82 Å². The molecular formula is C27H37N9O2. The van der Waals surface area contributed by atoms with Crippen LogP contribution in [0.1, 0.15) is 49.7 Å². The fourth-order valence-corrected chi connectivity index (χ4v) is 4.29. The minimum atomic E-state index is -0.307. The van der Waals surface area contributed by atoms with Gasteiger partial charge in [-0.05, 0) is 71.5 Å². The molecule has 0 bridgehead atoms. The number of anilines is 5. The molecule has 1 amide bonds. The lowest BCUT2D eigenvalue weighted by Crippen LogP contribution is -2.44. The zero-order valence-corrected chi connectivity index (χ0v) is 22.9. The molecule has 3 heterocycles. The van der Waals surface area contributed by atoms with Crippen LogP contribution in [0.25, 0.3) is 0 Å². The van der Waals surface area contributed by atoms with Gasteiger partial charge in [-0.1, -0.05) is 0 Å². The van der Waals surface area contributed by atoms with E-state index in [0.717, 1.165) is 37.4 Å². The first-order valence-electron chi connectivity index (χ1n) is 13.0. The minimum Gasteiger partial charge on any atom is -0.369 e. The number of nitrogens with one attached hydrogen (secondary N) is 3. The van der Waals surface area contributed by atoms with Crippen LogP contribution in [0.3, 0.4) is 0 Å². The SMILES string of the molecule is Cc1cc(Nc2ncc(C(=O)NC(C)C)c(Nc3ccc(=O)n(C(C)C)n3)n2)ccc1N1CCN(C)CC1. The van der Waals surface area contributed by atoms with Crippen LogP contribution in [0.15, 0.2) is 41.3 Å². The van der Waals surface area contributed by atoms with Crippen LogP contribution < -0.4 is 26.4 Å². The predicted molar refractivity (Wildman–Crippen MR) is 151 cm³/mol. The smallest absolute Gasteiger partial charge is 0.267 e. The fraction of sp³-hybridized carbons (Fsp3) is 0.444. The molecule has 0 radical (unpaired) electrons. The number of likely N-dealkylation sites (N-methyl/N-ethyl adjacent to an activating group) is 1. The molecule has 38 heavy (non-hydrogen) atoms. The van der Waals surface area contributed by atoms with Crippen molar-refractivity contribution in [2.75, 3.05) is 48.8 Å². The Morgan fingerprint density at radius 2 is 1.74 bits per heavy atom. The second-order valence-electron chi connectivity index (χ2n) is 10.2. The second-order valence-corrected chi connectivity index (χ2v) is 10.2. The first-order chi connectivity index (χ1) is 18.1. The van der Waals surface area contributed by atoms with E-state index in [2.05, 4.69) is 66.9 Å². The quantitative estimate of drug-likeness (QED) is 0.412. The van der Waals surface area contributed by atoms with Crippen LogP contribution in [0.5, 0.6) is 0 Å². The molecule has 4 rings (SSSR count). The number of hydrogen-bond donors (Lipinski definition) is 3. The molecule has 11 nitrogen and oxygen atoms in total. The number of carbonyl (C=O) groups is 1. The summed E-state index contributed by atoms with van der Waals surface area (Å²) in [7, 11) is 2.15. The summed E-state index contributed by atoms with van der Waals surface area (Å²) in [5.41, 5.74) is 3.29. The lowest BCUT2D eigenvalue weighted by atomic mass is 10.1. The molecule has 3 aromatic rings. The maximum atomic E-state index is 12.9. The molecule has 1 saturated heterocycles. The monoisotopic (exact) mass is 519 g/mol. The van der Waals surface area contributed by atoms with Gasteiger partial charge in [-0.15, -0.1) is 0 Å². The Balaban J connectivity index is 1.61. The molecule has 3 N–H and O–H groups in total. The minimum absolute atomic E-state index is 0.0593. The van der Waals surface area contributed by atoms with E-state index in [4.69, 9.17) is 0 Å². The highest BCUT2D eigenvalue weighted by atomic mass is 16.2. The first-order valence-corrected chi connectivity index (χ1v) is 13.0. The third kappa shape index (κ3) is 6.46. The topological polar surface area (TPSA) is 120 Å². The first kappa shape index (κ1) is 27.1. The predicted octanol–water partition coefficient (Wildman–Crippen LogP) is 3.30. The van der Waals surface area contributed by atoms with Gasteiger partial charge in [-0.25, -0.2) is 9.67 Å². The van der Waals surface area contributed by atoms with Crippen molar-refractivity contribution >= 4 is 34.9 Å². The summed E-state index contributed by atoms with van der Waals surface area (Å²) in [4.78, 5) is 38.8. The van der Waals surface area contributed by atoms with Crippen molar-refractivity contribution in [3.05, 3.63) is 58.0 Å². The number of piperazine rings is 1. The third-order valence-electron chi connectivity index (χ3n) is 6.31. The zero-order chi connectivity index (χ0) is 27.4. The highest BCUT2D eigenvalue weighted by molar-refractivity contribution is 5.99. The van der Waals surface area contributed by atoms with Crippen molar-refractivity contribution in [3.8, 4) is 0 Å². The summed E-state index contributed by atoms with van der Waals surface area (Å²) < 4.78 is 1.38. The third-order valence-corrected chi connectivity index (χ3v) is 6.31. The van der Waals surface area contributed by atoms with Gasteiger partial charge in [0, 0.05) is 55.9 Å². The summed E-state index contributed by atoms with van der Waals surface area (Å²) in [5.74, 6) is 0.706. The number of rotatable bonds is 8. The van der Waals surface area contributed by atoms with Crippen LogP contribution in [0, 0.1) is 6.92 Å². The van der Waals surface area contributed by atoms with Crippen molar-refractivity contribution in [1.29, 1.82) is 0 Å². The summed E-state index contributed by atoms with van der Waals surface area (Å²) >= 11 is 0. The fourth-order valence-electron chi connectivity index (χ4n) is 4.29. The molecule has 1 fully saturated rings. The molecule has 0 aliphatic carbocycles. The second kappa shape index (κ2) is 11.6. The van der Waals surface area contributed by atoms with Gasteiger partial charge in [-0.2, -0.15) is 10.1 Å². The van der Waals surface area contributed by atoms with Crippen molar-refractivity contribution in [2.24, 2.45) is 0 Å². The number of aromatic nitrogens is 4. The van der Waals surface area contributed by atoms with Crippen LogP contribution in [-0.2, 0) is 0 Å². The maximum absolute atomic E-state index is 12.9. The molecule has 2 aromatic heterocycles. The van der Waals surface area contributed by atoms with Crippen LogP contribution in [0.2, 0.25) is 0 Å². The van der Waals surface area contributed by atoms with Crippen molar-refractivity contribution in [3.63, 3.8) is 0 Å². The highest BCUT2D eigenvalue weighted by Gasteiger charge is 2.19. The maximum Gasteiger partial charge on any atom is 0.267 e. The normalized spacial score (nSPS) is 14.2. The van der Waals surface area contributed by atoms with Gasteiger partial charge in [-0.3, -0.25) is 9.59 Å². The zero-order valence-electron chi connectivity index (χ0n) is 22.9. The van der Waals surface area contributed by atoms with Crippen LogP contribution in [-0.4, -0.2) is 69.8 Å². The molecule has 0 spiro atoms. The Kier molecular flexibility index (Phi) is 8.26. The molecular weight excluding hydrogens is 482 g/mol. The standard InChI is InChI=1S/C27H37N9O2/c1-17(2)29-26(38)21-16-28-27(32-25(21)31-23-9-10-24(37)36(33-23)18(3)4)30-20-7-8-22(19(5)15-20)35-13-11-34(6)12-14-35/h7-10,15-18H,11-14H2,1-6H3,(H,29,38)(H2,28,30,31,32,33). The van der Waals surface area contributed by atoms with E-state index in [9.17, 15) is 9.59 Å². The molecule has 1 aliphatic heterocycles. The Morgan fingerprint density at radius 3 is 2.39 bits per heavy atom. The number of benzene rings is 1. The number of amides is 1. The van der Waals surface area contributed by atoms with Gasteiger partial charge in [0.05, 0.1) is 6.04 Å². The highest BCUT2D eigenvalue weighted by Crippen LogP contribution is 2.27. The number of aryl methyl sites for hydroxylation is 1. The molecule has 0 unspecified atom stereocenters. The summed E-state index contributed by atoms with van der Waals surface area (Å²) in [6.45, 7) is 13.7. The molecule has 11 heteroatoms. The van der Waals surface area contributed by atoms with E-state index >= 15 is 0 Å². The van der Waals surface area contributed by atoms with E-state index in [1.165, 1.54) is 22.6 Å². The number of nitrogens with zero attached hydrogens (tertiary/aromatic N) is 6. The van der Waals surface area contributed by atoms with Gasteiger partial charge in [0.25, 0.3) is 11.5 Å². The molecule has 0 saturated carbocycles. The summed E-state index contributed by atoms with van der Waals surface area (Å²) in [6, 6.07) is 9.03. The average molecular weight is 520 g/mol. The summed E-state index contributed by atoms with van der Waals surface area (Å²) in [6.07, 6.45) is 1.49. The number of carbonyl (C=O) groups excluding carboxylic acids is 1. The van der Waals surface area contributed by atoms with E-state index < -0.39 is 0 Å². The largest absolute Gasteiger partial charge is 0.369 e. The number of hydrogen-bond acceptors (Lipinski definition) is 9. The van der Waals surface area contributed by atoms with Gasteiger partial charge in [0.1, 0.15) is 11.4 Å². The van der Waals surface area contributed by atoms with E-state index in [-0.39, 0.29) is 34.9 Å². The Bertz CT molecular complexity index is 1340. The van der Waals surface area contributed by atoms with Crippen molar-refractivity contribution in [1.82, 2.24) is 30.0 Å². The Labute approximate surface area is 223 Å². The van der Waals surface area contributed by atoms with Gasteiger partial charge in [0.2, 0.25) is 5.95 Å². The Morgan fingerprint density at radius 1 is 1.00 bits per heavy atom. The summed E-state index contributed by atoms with van der Waals surface area (Å²) in [5, 5.41) is 13.6.